The van der Waals surface area contributed by atoms with Crippen LogP contribution < -0.4 is 10.6 Å². The number of rotatable bonds is 7. The second-order valence-corrected chi connectivity index (χ2v) is 6.14. The Morgan fingerprint density at radius 3 is 2.48 bits per heavy atom. The maximum Gasteiger partial charge on any atom is 0.308 e. The summed E-state index contributed by atoms with van der Waals surface area (Å²) in [6.07, 6.45) is -0.147. The minimum atomic E-state index is -0.697. The number of nitrogens with one attached hydrogen (secondary N) is 2. The highest BCUT2D eigenvalue weighted by Gasteiger charge is 2.19. The molecule has 2 amide bonds. The Labute approximate surface area is 160 Å². The van der Waals surface area contributed by atoms with Crippen LogP contribution in [-0.4, -0.2) is 24.4 Å². The average molecular weight is 393 g/mol. The molecule has 2 aromatic carbocycles. The second-order valence-electron chi connectivity index (χ2n) is 5.70. The van der Waals surface area contributed by atoms with Crippen molar-refractivity contribution in [2.75, 3.05) is 11.9 Å². The van der Waals surface area contributed by atoms with Gasteiger partial charge in [0, 0.05) is 11.9 Å². The van der Waals surface area contributed by atoms with Gasteiger partial charge in [0.25, 0.3) is 5.91 Å². The maximum atomic E-state index is 13.6. The summed E-state index contributed by atoms with van der Waals surface area (Å²) >= 11 is 5.64. The predicted molar refractivity (Wildman–Crippen MR) is 98.6 cm³/mol. The minimum Gasteiger partial charge on any atom is -0.455 e. The molecule has 1 atom stereocenters. The molecule has 27 heavy (non-hydrogen) atoms. The first-order valence-corrected chi connectivity index (χ1v) is 8.45. The summed E-state index contributed by atoms with van der Waals surface area (Å²) in [5, 5.41) is 5.15. The fourth-order valence-electron chi connectivity index (χ4n) is 2.33. The predicted octanol–water partition coefficient (Wildman–Crippen LogP) is 3.23. The molecule has 2 N–H and O–H groups in total. The van der Waals surface area contributed by atoms with Gasteiger partial charge in [0.2, 0.25) is 5.91 Å². The van der Waals surface area contributed by atoms with Crippen LogP contribution in [0.15, 0.2) is 48.5 Å². The van der Waals surface area contributed by atoms with Crippen LogP contribution >= 0.6 is 11.6 Å². The molecule has 142 valence electrons. The third-order valence-electron chi connectivity index (χ3n) is 3.52. The molecule has 0 aliphatic carbocycles. The van der Waals surface area contributed by atoms with Crippen molar-refractivity contribution in [1.82, 2.24) is 5.32 Å². The Morgan fingerprint density at radius 2 is 1.85 bits per heavy atom. The van der Waals surface area contributed by atoms with Crippen LogP contribution in [0.3, 0.4) is 0 Å². The van der Waals surface area contributed by atoms with Crippen LogP contribution in [0.5, 0.6) is 0 Å². The summed E-state index contributed by atoms with van der Waals surface area (Å²) in [6, 6.07) is 12.1. The summed E-state index contributed by atoms with van der Waals surface area (Å²) in [5.41, 5.74) is 0.665. The van der Waals surface area contributed by atoms with Gasteiger partial charge in [0.15, 0.2) is 6.61 Å². The molecule has 0 fully saturated rings. The highest BCUT2D eigenvalue weighted by Crippen LogP contribution is 2.19. The summed E-state index contributed by atoms with van der Waals surface area (Å²) < 4.78 is 18.6. The molecule has 0 radical (unpaired) electrons. The largest absolute Gasteiger partial charge is 0.455 e. The Balaban J connectivity index is 1.89. The Hall–Kier alpha value is -2.93. The molecule has 0 unspecified atom stereocenters. The monoisotopic (exact) mass is 392 g/mol. The molecule has 0 spiro atoms. The van der Waals surface area contributed by atoms with E-state index in [1.54, 1.807) is 24.3 Å². The molecule has 0 aliphatic rings. The van der Waals surface area contributed by atoms with Crippen molar-refractivity contribution in [3.05, 3.63) is 64.9 Å². The zero-order valence-electron chi connectivity index (χ0n) is 14.5. The van der Waals surface area contributed by atoms with Gasteiger partial charge in [-0.2, -0.15) is 0 Å². The summed E-state index contributed by atoms with van der Waals surface area (Å²) in [5.74, 6) is -2.37. The molecule has 0 heterocycles. The quantitative estimate of drug-likeness (QED) is 0.708. The number of esters is 1. The third-order valence-corrected chi connectivity index (χ3v) is 3.75. The Kier molecular flexibility index (Phi) is 7.31. The van der Waals surface area contributed by atoms with E-state index in [9.17, 15) is 18.8 Å². The zero-order valence-corrected chi connectivity index (χ0v) is 15.3. The van der Waals surface area contributed by atoms with Gasteiger partial charge in [-0.1, -0.05) is 41.9 Å². The first-order chi connectivity index (χ1) is 12.8. The molecular weight excluding hydrogens is 375 g/mol. The molecule has 6 nitrogen and oxygen atoms in total. The van der Waals surface area contributed by atoms with E-state index in [-0.39, 0.29) is 23.0 Å². The standard InChI is InChI=1S/C19H18ClFN2O4/c1-12(24)22-17(13-5-3-2-4-6-13)10-19(26)27-11-18(25)23-16-8-7-14(20)9-15(16)21/h2-9,17H,10-11H2,1H3,(H,22,24)(H,23,25)/t17-/m1/s1. The van der Waals surface area contributed by atoms with Crippen molar-refractivity contribution in [2.24, 2.45) is 0 Å². The van der Waals surface area contributed by atoms with Crippen LogP contribution in [-0.2, 0) is 19.1 Å². The first-order valence-electron chi connectivity index (χ1n) is 8.07. The van der Waals surface area contributed by atoms with E-state index in [1.165, 1.54) is 19.1 Å². The van der Waals surface area contributed by atoms with Crippen LogP contribution in [0, 0.1) is 5.82 Å². The fourth-order valence-corrected chi connectivity index (χ4v) is 2.49. The molecule has 0 saturated carbocycles. The number of halogens is 2. The average Bonchev–Trinajstić information content (AvgIpc) is 2.62. The number of amides is 2. The number of anilines is 1. The van der Waals surface area contributed by atoms with Crippen molar-refractivity contribution in [1.29, 1.82) is 0 Å². The lowest BCUT2D eigenvalue weighted by Crippen LogP contribution is -2.29. The molecule has 0 aromatic heterocycles. The topological polar surface area (TPSA) is 84.5 Å². The van der Waals surface area contributed by atoms with Gasteiger partial charge in [-0.15, -0.1) is 0 Å². The lowest BCUT2D eigenvalue weighted by Gasteiger charge is -2.17. The van der Waals surface area contributed by atoms with E-state index >= 15 is 0 Å². The fraction of sp³-hybridized carbons (Fsp3) is 0.211. The lowest BCUT2D eigenvalue weighted by molar-refractivity contribution is -0.148. The van der Waals surface area contributed by atoms with Gasteiger partial charge in [-0.25, -0.2) is 4.39 Å². The summed E-state index contributed by atoms with van der Waals surface area (Å²) in [7, 11) is 0. The smallest absolute Gasteiger partial charge is 0.308 e. The lowest BCUT2D eigenvalue weighted by atomic mass is 10.0. The molecule has 0 saturated heterocycles. The van der Waals surface area contributed by atoms with Crippen LogP contribution in [0.4, 0.5) is 10.1 Å². The molecule has 2 aromatic rings. The maximum absolute atomic E-state index is 13.6. The highest BCUT2D eigenvalue weighted by atomic mass is 35.5. The SMILES string of the molecule is CC(=O)N[C@H](CC(=O)OCC(=O)Nc1ccc(Cl)cc1F)c1ccccc1. The molecule has 0 aliphatic heterocycles. The van der Waals surface area contributed by atoms with E-state index in [2.05, 4.69) is 10.6 Å². The number of hydrogen-bond donors (Lipinski definition) is 2. The van der Waals surface area contributed by atoms with Gasteiger partial charge < -0.3 is 15.4 Å². The molecule has 8 heteroatoms. The van der Waals surface area contributed by atoms with Crippen molar-refractivity contribution in [2.45, 2.75) is 19.4 Å². The Bertz CT molecular complexity index is 830. The number of carbonyl (C=O) groups is 3. The molecule has 2 rings (SSSR count). The van der Waals surface area contributed by atoms with Crippen LogP contribution in [0.2, 0.25) is 5.02 Å². The Morgan fingerprint density at radius 1 is 1.15 bits per heavy atom. The van der Waals surface area contributed by atoms with Crippen molar-refractivity contribution < 1.29 is 23.5 Å². The molecule has 0 bridgehead atoms. The normalized spacial score (nSPS) is 11.4. The van der Waals surface area contributed by atoms with Crippen molar-refractivity contribution >= 4 is 35.1 Å². The summed E-state index contributed by atoms with van der Waals surface area (Å²) in [6.45, 7) is 0.762. The van der Waals surface area contributed by atoms with E-state index in [0.717, 1.165) is 11.6 Å². The second kappa shape index (κ2) is 9.68. The van der Waals surface area contributed by atoms with Gasteiger partial charge >= 0.3 is 5.97 Å². The van der Waals surface area contributed by atoms with Gasteiger partial charge in [-0.05, 0) is 23.8 Å². The number of hydrogen-bond acceptors (Lipinski definition) is 4. The van der Waals surface area contributed by atoms with Gasteiger partial charge in [0.05, 0.1) is 18.2 Å². The summed E-state index contributed by atoms with van der Waals surface area (Å²) in [4.78, 5) is 35.2. The highest BCUT2D eigenvalue weighted by molar-refractivity contribution is 6.30. The van der Waals surface area contributed by atoms with E-state index in [4.69, 9.17) is 16.3 Å². The zero-order chi connectivity index (χ0) is 19.8. The number of benzene rings is 2. The third kappa shape index (κ3) is 6.71. The van der Waals surface area contributed by atoms with Gasteiger partial charge in [-0.3, -0.25) is 14.4 Å². The van der Waals surface area contributed by atoms with Crippen LogP contribution in [0.1, 0.15) is 24.9 Å². The van der Waals surface area contributed by atoms with E-state index in [1.807, 2.05) is 6.07 Å². The first kappa shape index (κ1) is 20.4. The van der Waals surface area contributed by atoms with E-state index < -0.39 is 30.3 Å². The minimum absolute atomic E-state index is 0.0687. The van der Waals surface area contributed by atoms with Crippen molar-refractivity contribution in [3.63, 3.8) is 0 Å². The number of ether oxygens (including phenoxy) is 1. The molecular formula is C19H18ClFN2O4. The van der Waals surface area contributed by atoms with Crippen molar-refractivity contribution in [3.8, 4) is 0 Å². The number of carbonyl (C=O) groups excluding carboxylic acids is 3. The van der Waals surface area contributed by atoms with Gasteiger partial charge in [0.1, 0.15) is 5.82 Å². The van der Waals surface area contributed by atoms with E-state index in [0.29, 0.717) is 0 Å². The van der Waals surface area contributed by atoms with Crippen LogP contribution in [0.25, 0.3) is 0 Å².